The third-order valence-corrected chi connectivity index (χ3v) is 4.27. The van der Waals surface area contributed by atoms with Crippen LogP contribution in [-0.4, -0.2) is 52.9 Å². The molecule has 0 heterocycles. The molecule has 2 rings (SSSR count). The number of carbonyl (C=O) groups excluding carboxylic acids is 1. The average molecular weight is 411 g/mol. The highest BCUT2D eigenvalue weighted by Gasteiger charge is 2.18. The summed E-state index contributed by atoms with van der Waals surface area (Å²) in [6.07, 6.45) is 0.933. The molecule has 2 aromatic carbocycles. The van der Waals surface area contributed by atoms with Gasteiger partial charge in [-0.05, 0) is 42.0 Å². The van der Waals surface area contributed by atoms with Crippen molar-refractivity contribution >= 4 is 16.0 Å². The van der Waals surface area contributed by atoms with Crippen molar-refractivity contribution in [1.82, 2.24) is 4.90 Å². The van der Waals surface area contributed by atoms with Gasteiger partial charge in [-0.3, -0.25) is 4.79 Å². The molecule has 28 heavy (non-hydrogen) atoms. The monoisotopic (exact) mass is 411 g/mol. The Morgan fingerprint density at radius 3 is 2.32 bits per heavy atom. The van der Waals surface area contributed by atoms with Gasteiger partial charge in [-0.1, -0.05) is 6.07 Å². The van der Waals surface area contributed by atoms with Gasteiger partial charge in [0.05, 0.1) is 20.0 Å². The molecule has 0 aliphatic carbocycles. The first-order valence-electron chi connectivity index (χ1n) is 8.33. The molecule has 1 amide bonds. The Morgan fingerprint density at radius 2 is 1.75 bits per heavy atom. The molecular weight excluding hydrogens is 389 g/mol. The van der Waals surface area contributed by atoms with E-state index < -0.39 is 15.9 Å². The van der Waals surface area contributed by atoms with Gasteiger partial charge in [-0.25, -0.2) is 4.39 Å². The molecule has 0 fully saturated rings. The third kappa shape index (κ3) is 6.21. The first kappa shape index (κ1) is 21.6. The van der Waals surface area contributed by atoms with Gasteiger partial charge in [0.2, 0.25) is 0 Å². The Bertz CT molecular complexity index is 915. The van der Waals surface area contributed by atoms with E-state index in [0.717, 1.165) is 6.26 Å². The molecular formula is C19H22FNO6S. The molecule has 9 heteroatoms. The zero-order valence-electron chi connectivity index (χ0n) is 15.8. The summed E-state index contributed by atoms with van der Waals surface area (Å²) in [4.78, 5) is 14.3. The fourth-order valence-corrected chi connectivity index (χ4v) is 2.95. The van der Waals surface area contributed by atoms with Gasteiger partial charge in [0.1, 0.15) is 5.82 Å². The number of ether oxygens (including phenoxy) is 2. The maximum absolute atomic E-state index is 13.1. The Kier molecular flexibility index (Phi) is 7.36. The summed E-state index contributed by atoms with van der Waals surface area (Å²) in [7, 11) is -0.833. The van der Waals surface area contributed by atoms with Crippen LogP contribution in [0.25, 0.3) is 0 Å². The molecule has 152 valence electrons. The maximum atomic E-state index is 13.1. The Morgan fingerprint density at radius 1 is 1.07 bits per heavy atom. The second-order valence-corrected chi connectivity index (χ2v) is 7.57. The first-order valence-corrected chi connectivity index (χ1v) is 10.2. The number of amides is 1. The number of rotatable bonds is 9. The Balaban J connectivity index is 2.29. The molecule has 0 radical (unpaired) electrons. The molecule has 7 nitrogen and oxygen atoms in total. The SMILES string of the molecule is COCCN(Cc1ccc(OC)c(OS(C)(=O)=O)c1)C(=O)c1ccc(F)cc1. The predicted octanol–water partition coefficient (Wildman–Crippen LogP) is 2.46. The number of benzene rings is 2. The van der Waals surface area contributed by atoms with E-state index >= 15 is 0 Å². The van der Waals surface area contributed by atoms with Crippen LogP contribution >= 0.6 is 0 Å². The van der Waals surface area contributed by atoms with Crippen LogP contribution in [0.5, 0.6) is 11.5 Å². The zero-order chi connectivity index (χ0) is 20.7. The molecule has 0 N–H and O–H groups in total. The Labute approximate surface area is 163 Å². The predicted molar refractivity (Wildman–Crippen MR) is 101 cm³/mol. The largest absolute Gasteiger partial charge is 0.493 e. The van der Waals surface area contributed by atoms with E-state index in [1.54, 1.807) is 12.1 Å². The number of methoxy groups -OCH3 is 2. The van der Waals surface area contributed by atoms with Gasteiger partial charge in [0, 0.05) is 25.8 Å². The van der Waals surface area contributed by atoms with Crippen LogP contribution in [-0.2, 0) is 21.4 Å². The lowest BCUT2D eigenvalue weighted by molar-refractivity contribution is 0.0680. The minimum Gasteiger partial charge on any atom is -0.493 e. The molecule has 0 aromatic heterocycles. The van der Waals surface area contributed by atoms with Crippen molar-refractivity contribution in [3.8, 4) is 11.5 Å². The van der Waals surface area contributed by atoms with Crippen molar-refractivity contribution in [3.63, 3.8) is 0 Å². The summed E-state index contributed by atoms with van der Waals surface area (Å²) in [6, 6.07) is 10.0. The smallest absolute Gasteiger partial charge is 0.306 e. The summed E-state index contributed by atoms with van der Waals surface area (Å²) in [6.45, 7) is 0.764. The van der Waals surface area contributed by atoms with Crippen molar-refractivity contribution in [2.75, 3.05) is 33.6 Å². The van der Waals surface area contributed by atoms with Gasteiger partial charge < -0.3 is 18.6 Å². The summed E-state index contributed by atoms with van der Waals surface area (Å²) < 4.78 is 51.2. The summed E-state index contributed by atoms with van der Waals surface area (Å²) in [5, 5.41) is 0. The van der Waals surface area contributed by atoms with E-state index in [9.17, 15) is 17.6 Å². The summed E-state index contributed by atoms with van der Waals surface area (Å²) >= 11 is 0. The second-order valence-electron chi connectivity index (χ2n) is 6.00. The van der Waals surface area contributed by atoms with Crippen LogP contribution < -0.4 is 8.92 Å². The molecule has 0 atom stereocenters. The topological polar surface area (TPSA) is 82.1 Å². The lowest BCUT2D eigenvalue weighted by Crippen LogP contribution is -2.33. The van der Waals surface area contributed by atoms with Crippen LogP contribution in [0.2, 0.25) is 0 Å². The standard InChI is InChI=1S/C19H22FNO6S/c1-25-11-10-21(19(22)15-5-7-16(20)8-6-15)13-14-4-9-17(26-2)18(12-14)27-28(3,23)24/h4-9,12H,10-11,13H2,1-3H3. The number of hydrogen-bond donors (Lipinski definition) is 0. The van der Waals surface area contributed by atoms with Crippen LogP contribution in [0.3, 0.4) is 0 Å². The van der Waals surface area contributed by atoms with Gasteiger partial charge in [0.15, 0.2) is 11.5 Å². The minimum atomic E-state index is -3.75. The quantitative estimate of drug-likeness (QED) is 0.590. The molecule has 0 bridgehead atoms. The van der Waals surface area contributed by atoms with Crippen molar-refractivity contribution in [2.24, 2.45) is 0 Å². The van der Waals surface area contributed by atoms with Gasteiger partial charge in [-0.2, -0.15) is 8.42 Å². The highest BCUT2D eigenvalue weighted by atomic mass is 32.2. The van der Waals surface area contributed by atoms with E-state index in [1.807, 2.05) is 0 Å². The van der Waals surface area contributed by atoms with Crippen molar-refractivity contribution in [2.45, 2.75) is 6.54 Å². The van der Waals surface area contributed by atoms with Gasteiger partial charge in [0.25, 0.3) is 5.91 Å². The molecule has 2 aromatic rings. The fraction of sp³-hybridized carbons (Fsp3) is 0.316. The van der Waals surface area contributed by atoms with Crippen LogP contribution in [0.1, 0.15) is 15.9 Å². The molecule has 0 spiro atoms. The van der Waals surface area contributed by atoms with E-state index in [1.165, 1.54) is 49.5 Å². The van der Waals surface area contributed by atoms with E-state index in [-0.39, 0.29) is 24.0 Å². The molecule has 0 unspecified atom stereocenters. The van der Waals surface area contributed by atoms with Crippen LogP contribution in [0.4, 0.5) is 4.39 Å². The van der Waals surface area contributed by atoms with E-state index in [0.29, 0.717) is 24.3 Å². The maximum Gasteiger partial charge on any atom is 0.306 e. The second kappa shape index (κ2) is 9.52. The molecule has 0 saturated heterocycles. The fourth-order valence-electron chi connectivity index (χ4n) is 2.50. The molecule has 0 saturated carbocycles. The van der Waals surface area contributed by atoms with Crippen molar-refractivity contribution in [3.05, 3.63) is 59.4 Å². The summed E-state index contributed by atoms with van der Waals surface area (Å²) in [5.41, 5.74) is 0.963. The number of halogens is 1. The number of nitrogens with zero attached hydrogens (tertiary/aromatic N) is 1. The normalized spacial score (nSPS) is 11.1. The zero-order valence-corrected chi connectivity index (χ0v) is 16.7. The minimum absolute atomic E-state index is 0.0309. The Hall–Kier alpha value is -2.65. The van der Waals surface area contributed by atoms with Crippen molar-refractivity contribution < 1.29 is 31.3 Å². The lowest BCUT2D eigenvalue weighted by Gasteiger charge is -2.23. The molecule has 0 aliphatic heterocycles. The van der Waals surface area contributed by atoms with E-state index in [2.05, 4.69) is 0 Å². The highest BCUT2D eigenvalue weighted by Crippen LogP contribution is 2.29. The van der Waals surface area contributed by atoms with Crippen molar-refractivity contribution in [1.29, 1.82) is 0 Å². The van der Waals surface area contributed by atoms with Gasteiger partial charge in [-0.15, -0.1) is 0 Å². The van der Waals surface area contributed by atoms with E-state index in [4.69, 9.17) is 13.7 Å². The number of hydrogen-bond acceptors (Lipinski definition) is 6. The van der Waals surface area contributed by atoms with Gasteiger partial charge >= 0.3 is 10.1 Å². The molecule has 0 aliphatic rings. The number of carbonyl (C=O) groups is 1. The average Bonchev–Trinajstić information content (AvgIpc) is 2.64. The lowest BCUT2D eigenvalue weighted by atomic mass is 10.1. The van der Waals surface area contributed by atoms with Crippen LogP contribution in [0, 0.1) is 5.82 Å². The third-order valence-electron chi connectivity index (χ3n) is 3.79. The first-order chi connectivity index (χ1) is 13.2. The van der Waals surface area contributed by atoms with Crippen LogP contribution in [0.15, 0.2) is 42.5 Å². The summed E-state index contributed by atoms with van der Waals surface area (Å²) in [5.74, 6) is -0.456. The highest BCUT2D eigenvalue weighted by molar-refractivity contribution is 7.86.